The fraction of sp³-hybridized carbons (Fsp3) is 0.294. The molecule has 0 spiro atoms. The molecule has 20 heavy (non-hydrogen) atoms. The Labute approximate surface area is 120 Å². The number of hydrogen-bond acceptors (Lipinski definition) is 3. The van der Waals surface area contributed by atoms with E-state index in [1.165, 1.54) is 5.56 Å². The number of hydrogen-bond donors (Lipinski definition) is 1. The number of rotatable bonds is 6. The molecule has 1 unspecified atom stereocenters. The molecule has 3 nitrogen and oxygen atoms in total. The van der Waals surface area contributed by atoms with E-state index in [-0.39, 0.29) is 0 Å². The topological polar surface area (TPSA) is 30.5 Å². The lowest BCUT2D eigenvalue weighted by molar-refractivity contribution is 0.414. The van der Waals surface area contributed by atoms with Gasteiger partial charge in [0.15, 0.2) is 0 Å². The fourth-order valence-electron chi connectivity index (χ4n) is 2.14. The smallest absolute Gasteiger partial charge is 0.119 e. The van der Waals surface area contributed by atoms with Crippen LogP contribution in [0.5, 0.6) is 11.5 Å². The molecule has 0 amide bonds. The summed E-state index contributed by atoms with van der Waals surface area (Å²) in [6, 6.07) is 16.5. The summed E-state index contributed by atoms with van der Waals surface area (Å²) < 4.78 is 10.3. The molecule has 0 radical (unpaired) electrons. The van der Waals surface area contributed by atoms with Crippen LogP contribution in [0.3, 0.4) is 0 Å². The molecule has 0 aliphatic heterocycles. The predicted molar refractivity (Wildman–Crippen MR) is 82.8 cm³/mol. The zero-order valence-electron chi connectivity index (χ0n) is 12.2. The minimum Gasteiger partial charge on any atom is -0.497 e. The Kier molecular flexibility index (Phi) is 4.88. The first-order valence-corrected chi connectivity index (χ1v) is 6.75. The van der Waals surface area contributed by atoms with Crippen molar-refractivity contribution in [1.82, 2.24) is 0 Å². The van der Waals surface area contributed by atoms with Crippen LogP contribution >= 0.6 is 0 Å². The predicted octanol–water partition coefficient (Wildman–Crippen LogP) is 3.75. The summed E-state index contributed by atoms with van der Waals surface area (Å²) >= 11 is 0. The minimum atomic E-state index is 0.358. The zero-order chi connectivity index (χ0) is 14.4. The Morgan fingerprint density at radius 1 is 0.850 bits per heavy atom. The van der Waals surface area contributed by atoms with Crippen LogP contribution in [0.4, 0.5) is 5.69 Å². The second-order valence-electron chi connectivity index (χ2n) is 4.83. The van der Waals surface area contributed by atoms with E-state index >= 15 is 0 Å². The Morgan fingerprint density at radius 2 is 1.35 bits per heavy atom. The van der Waals surface area contributed by atoms with Crippen LogP contribution < -0.4 is 14.8 Å². The summed E-state index contributed by atoms with van der Waals surface area (Å²) in [6.45, 7) is 2.18. The van der Waals surface area contributed by atoms with E-state index in [0.717, 1.165) is 23.6 Å². The Bertz CT molecular complexity index is 470. The van der Waals surface area contributed by atoms with Gasteiger partial charge in [0.25, 0.3) is 0 Å². The second kappa shape index (κ2) is 6.85. The summed E-state index contributed by atoms with van der Waals surface area (Å²) in [5.74, 6) is 1.77. The van der Waals surface area contributed by atoms with Crippen LogP contribution in [0.15, 0.2) is 48.5 Å². The van der Waals surface area contributed by atoms with Gasteiger partial charge in [-0.05, 0) is 55.3 Å². The second-order valence-corrected chi connectivity index (χ2v) is 4.83. The molecule has 0 heterocycles. The van der Waals surface area contributed by atoms with Crippen molar-refractivity contribution in [3.05, 3.63) is 54.1 Å². The van der Waals surface area contributed by atoms with Gasteiger partial charge < -0.3 is 14.8 Å². The van der Waals surface area contributed by atoms with E-state index in [9.17, 15) is 0 Å². The van der Waals surface area contributed by atoms with Gasteiger partial charge in [0.05, 0.1) is 14.2 Å². The maximum absolute atomic E-state index is 5.16. The van der Waals surface area contributed by atoms with E-state index in [2.05, 4.69) is 24.4 Å². The average molecular weight is 271 g/mol. The Hall–Kier alpha value is -2.16. The van der Waals surface area contributed by atoms with Gasteiger partial charge in [-0.15, -0.1) is 0 Å². The number of benzene rings is 2. The zero-order valence-corrected chi connectivity index (χ0v) is 12.2. The quantitative estimate of drug-likeness (QED) is 0.868. The summed E-state index contributed by atoms with van der Waals surface area (Å²) in [6.07, 6.45) is 0.968. The number of methoxy groups -OCH3 is 2. The number of anilines is 1. The number of ether oxygens (including phenoxy) is 2. The average Bonchev–Trinajstić information content (AvgIpc) is 2.49. The molecule has 2 rings (SSSR count). The molecule has 2 aromatic rings. The highest BCUT2D eigenvalue weighted by Crippen LogP contribution is 2.17. The normalized spacial score (nSPS) is 11.8. The highest BCUT2D eigenvalue weighted by atomic mass is 16.5. The van der Waals surface area contributed by atoms with Gasteiger partial charge in [-0.2, -0.15) is 0 Å². The van der Waals surface area contributed by atoms with Crippen molar-refractivity contribution >= 4 is 5.69 Å². The summed E-state index contributed by atoms with van der Waals surface area (Å²) in [5, 5.41) is 3.48. The summed E-state index contributed by atoms with van der Waals surface area (Å²) in [7, 11) is 3.36. The molecule has 1 N–H and O–H groups in total. The summed E-state index contributed by atoms with van der Waals surface area (Å²) in [4.78, 5) is 0. The molecule has 0 aromatic heterocycles. The Balaban J connectivity index is 1.91. The maximum Gasteiger partial charge on any atom is 0.119 e. The van der Waals surface area contributed by atoms with Gasteiger partial charge >= 0.3 is 0 Å². The van der Waals surface area contributed by atoms with Crippen molar-refractivity contribution in [1.29, 1.82) is 0 Å². The van der Waals surface area contributed by atoms with Gasteiger partial charge in [-0.25, -0.2) is 0 Å². The van der Waals surface area contributed by atoms with Crippen molar-refractivity contribution in [3.63, 3.8) is 0 Å². The fourth-order valence-corrected chi connectivity index (χ4v) is 2.14. The molecule has 0 saturated carbocycles. The SMILES string of the molecule is COc1ccc(CC(C)Nc2ccc(OC)cc2)cc1. The lowest BCUT2D eigenvalue weighted by atomic mass is 10.1. The highest BCUT2D eigenvalue weighted by molar-refractivity contribution is 5.47. The third kappa shape index (κ3) is 3.92. The molecule has 0 aliphatic carbocycles. The Morgan fingerprint density at radius 3 is 1.85 bits per heavy atom. The molecular formula is C17H21NO2. The molecule has 1 atom stereocenters. The third-order valence-corrected chi connectivity index (χ3v) is 3.20. The van der Waals surface area contributed by atoms with E-state index in [1.54, 1.807) is 14.2 Å². The molecule has 0 bridgehead atoms. The van der Waals surface area contributed by atoms with Crippen molar-refractivity contribution in [3.8, 4) is 11.5 Å². The van der Waals surface area contributed by atoms with Crippen LogP contribution in [0.1, 0.15) is 12.5 Å². The van der Waals surface area contributed by atoms with Gasteiger partial charge in [0.1, 0.15) is 11.5 Å². The monoisotopic (exact) mass is 271 g/mol. The van der Waals surface area contributed by atoms with Crippen LogP contribution in [0, 0.1) is 0 Å². The van der Waals surface area contributed by atoms with E-state index in [0.29, 0.717) is 6.04 Å². The van der Waals surface area contributed by atoms with E-state index < -0.39 is 0 Å². The largest absolute Gasteiger partial charge is 0.497 e. The molecule has 2 aromatic carbocycles. The molecule has 0 aliphatic rings. The standard InChI is InChI=1S/C17H21NO2/c1-13(12-14-4-8-16(19-2)9-5-14)18-15-6-10-17(20-3)11-7-15/h4-11,13,18H,12H2,1-3H3. The number of nitrogens with one attached hydrogen (secondary N) is 1. The van der Waals surface area contributed by atoms with Gasteiger partial charge in [-0.1, -0.05) is 12.1 Å². The van der Waals surface area contributed by atoms with Crippen molar-refractivity contribution in [2.24, 2.45) is 0 Å². The van der Waals surface area contributed by atoms with Gasteiger partial charge in [0.2, 0.25) is 0 Å². The molecule has 0 saturated heterocycles. The molecule has 3 heteroatoms. The lowest BCUT2D eigenvalue weighted by Gasteiger charge is -2.16. The van der Waals surface area contributed by atoms with Gasteiger partial charge in [-0.3, -0.25) is 0 Å². The van der Waals surface area contributed by atoms with Crippen LogP contribution in [-0.4, -0.2) is 20.3 Å². The van der Waals surface area contributed by atoms with Crippen LogP contribution in [-0.2, 0) is 6.42 Å². The first kappa shape index (κ1) is 14.3. The highest BCUT2D eigenvalue weighted by Gasteiger charge is 2.04. The van der Waals surface area contributed by atoms with Crippen molar-refractivity contribution < 1.29 is 9.47 Å². The van der Waals surface area contributed by atoms with Crippen molar-refractivity contribution in [2.45, 2.75) is 19.4 Å². The molecule has 0 fully saturated rings. The van der Waals surface area contributed by atoms with E-state index in [4.69, 9.17) is 9.47 Å². The van der Waals surface area contributed by atoms with E-state index in [1.807, 2.05) is 36.4 Å². The summed E-state index contributed by atoms with van der Waals surface area (Å²) in [5.41, 5.74) is 2.39. The first-order valence-electron chi connectivity index (χ1n) is 6.75. The molecule has 106 valence electrons. The third-order valence-electron chi connectivity index (χ3n) is 3.20. The van der Waals surface area contributed by atoms with Gasteiger partial charge in [0, 0.05) is 11.7 Å². The van der Waals surface area contributed by atoms with Crippen molar-refractivity contribution in [2.75, 3.05) is 19.5 Å². The minimum absolute atomic E-state index is 0.358. The molecular weight excluding hydrogens is 250 g/mol. The van der Waals surface area contributed by atoms with Crippen LogP contribution in [0.25, 0.3) is 0 Å². The van der Waals surface area contributed by atoms with Crippen LogP contribution in [0.2, 0.25) is 0 Å². The maximum atomic E-state index is 5.16. The lowest BCUT2D eigenvalue weighted by Crippen LogP contribution is -2.17. The first-order chi connectivity index (χ1) is 9.71.